The molecule has 9 atom stereocenters. The van der Waals surface area contributed by atoms with Crippen LogP contribution in [-0.4, -0.2) is 42.3 Å². The van der Waals surface area contributed by atoms with Crippen molar-refractivity contribution in [3.8, 4) is 0 Å². The summed E-state index contributed by atoms with van der Waals surface area (Å²) in [4.78, 5) is 24.5. The minimum absolute atomic E-state index is 0.0431. The van der Waals surface area contributed by atoms with Gasteiger partial charge < -0.3 is 14.2 Å². The molecule has 2 aliphatic heterocycles. The van der Waals surface area contributed by atoms with Crippen LogP contribution in [0.15, 0.2) is 11.6 Å². The molecule has 0 N–H and O–H groups in total. The van der Waals surface area contributed by atoms with Crippen molar-refractivity contribution in [3.63, 3.8) is 0 Å². The third-order valence-electron chi connectivity index (χ3n) is 9.81. The summed E-state index contributed by atoms with van der Waals surface area (Å²) in [7, 11) is 0. The molecule has 6 aliphatic rings. The summed E-state index contributed by atoms with van der Waals surface area (Å²) in [6, 6.07) is 0. The van der Waals surface area contributed by atoms with E-state index >= 15 is 0 Å². The highest BCUT2D eigenvalue weighted by molar-refractivity contribution is 5.97. The number of ether oxygens (including phenoxy) is 3. The van der Waals surface area contributed by atoms with Gasteiger partial charge >= 0.3 is 5.97 Å². The highest BCUT2D eigenvalue weighted by Gasteiger charge is 2.81. The van der Waals surface area contributed by atoms with E-state index in [0.29, 0.717) is 24.4 Å². The zero-order valence-corrected chi connectivity index (χ0v) is 17.7. The Morgan fingerprint density at radius 2 is 1.97 bits per heavy atom. The highest BCUT2D eigenvalue weighted by atomic mass is 16.6. The summed E-state index contributed by atoms with van der Waals surface area (Å²) < 4.78 is 17.0. The lowest BCUT2D eigenvalue weighted by atomic mass is 9.47. The van der Waals surface area contributed by atoms with Gasteiger partial charge in [0.15, 0.2) is 11.4 Å². The normalized spacial score (nSPS) is 54.2. The molecule has 2 saturated heterocycles. The molecular formula is C24H32O5. The second-order valence-electron chi connectivity index (χ2n) is 11.0. The zero-order valence-electron chi connectivity index (χ0n) is 17.7. The van der Waals surface area contributed by atoms with Crippen LogP contribution in [0.2, 0.25) is 0 Å². The molecule has 0 aromatic heterocycles. The van der Waals surface area contributed by atoms with Crippen LogP contribution in [0, 0.1) is 28.6 Å². The number of hydrogen-bond acceptors (Lipinski definition) is 5. The summed E-state index contributed by atoms with van der Waals surface area (Å²) >= 11 is 0. The lowest BCUT2D eigenvalue weighted by Gasteiger charge is -2.58. The number of ketones is 1. The maximum Gasteiger partial charge on any atom is 0.302 e. The Morgan fingerprint density at radius 1 is 1.17 bits per heavy atom. The van der Waals surface area contributed by atoms with Gasteiger partial charge in [-0.05, 0) is 61.7 Å². The number of allylic oxidation sites excluding steroid dienone is 1. The first kappa shape index (κ1) is 18.6. The topological polar surface area (TPSA) is 68.4 Å². The highest BCUT2D eigenvalue weighted by Crippen LogP contribution is 2.73. The average Bonchev–Trinajstić information content (AvgIpc) is 3.58. The van der Waals surface area contributed by atoms with E-state index in [4.69, 9.17) is 14.2 Å². The molecule has 2 heterocycles. The van der Waals surface area contributed by atoms with Gasteiger partial charge in [-0.2, -0.15) is 0 Å². The van der Waals surface area contributed by atoms with Crippen LogP contribution >= 0.6 is 0 Å². The number of carbonyl (C=O) groups is 2. The van der Waals surface area contributed by atoms with Gasteiger partial charge in [0.25, 0.3) is 0 Å². The van der Waals surface area contributed by atoms with Crippen molar-refractivity contribution in [2.75, 3.05) is 6.61 Å². The number of rotatable bonds is 3. The molecule has 158 valence electrons. The second kappa shape index (κ2) is 5.73. The van der Waals surface area contributed by atoms with E-state index in [2.05, 4.69) is 19.9 Å². The Labute approximate surface area is 172 Å². The molecule has 0 unspecified atom stereocenters. The molecule has 3 saturated carbocycles. The average molecular weight is 401 g/mol. The number of fused-ring (bicyclic) bond motifs is 7. The van der Waals surface area contributed by atoms with Gasteiger partial charge in [-0.25, -0.2) is 0 Å². The van der Waals surface area contributed by atoms with Crippen molar-refractivity contribution in [2.45, 2.75) is 89.6 Å². The van der Waals surface area contributed by atoms with Gasteiger partial charge in [0.1, 0.15) is 12.2 Å². The van der Waals surface area contributed by atoms with Crippen LogP contribution in [-0.2, 0) is 23.8 Å². The minimum atomic E-state index is -0.554. The summed E-state index contributed by atoms with van der Waals surface area (Å²) in [6.45, 7) is 6.88. The molecule has 0 aromatic carbocycles. The maximum atomic E-state index is 13.1. The molecule has 5 heteroatoms. The fourth-order valence-electron chi connectivity index (χ4n) is 8.25. The third-order valence-corrected chi connectivity index (χ3v) is 9.81. The SMILES string of the molecule is CC(=O)O[C@@H]1CC[C@@]2(C)C(=CC[C@@H]3[C@@H]2CC[C@@]2(C)[C@H]3C[C@@H]3O[C@@]32C(=O)[C@@H]2CO2)C1. The Balaban J connectivity index is 1.28. The van der Waals surface area contributed by atoms with Crippen LogP contribution < -0.4 is 0 Å². The van der Waals surface area contributed by atoms with E-state index in [1.54, 1.807) is 0 Å². The van der Waals surface area contributed by atoms with Gasteiger partial charge in [0, 0.05) is 18.8 Å². The molecule has 0 radical (unpaired) electrons. The molecule has 29 heavy (non-hydrogen) atoms. The number of esters is 1. The van der Waals surface area contributed by atoms with Crippen molar-refractivity contribution >= 4 is 11.8 Å². The van der Waals surface area contributed by atoms with E-state index in [1.165, 1.54) is 18.9 Å². The molecule has 4 aliphatic carbocycles. The number of epoxide rings is 2. The Kier molecular flexibility index (Phi) is 3.67. The molecule has 0 spiro atoms. The maximum absolute atomic E-state index is 13.1. The fourth-order valence-corrected chi connectivity index (χ4v) is 8.25. The Morgan fingerprint density at radius 3 is 2.69 bits per heavy atom. The number of hydrogen-bond donors (Lipinski definition) is 0. The molecule has 6 rings (SSSR count). The van der Waals surface area contributed by atoms with Crippen LogP contribution in [0.25, 0.3) is 0 Å². The molecule has 5 nitrogen and oxygen atoms in total. The van der Waals surface area contributed by atoms with E-state index in [0.717, 1.165) is 38.5 Å². The largest absolute Gasteiger partial charge is 0.462 e. The first-order valence-electron chi connectivity index (χ1n) is 11.5. The summed E-state index contributed by atoms with van der Waals surface area (Å²) in [5.41, 5.74) is 1.13. The predicted molar refractivity (Wildman–Crippen MR) is 105 cm³/mol. The van der Waals surface area contributed by atoms with Crippen LogP contribution in [0.3, 0.4) is 0 Å². The smallest absolute Gasteiger partial charge is 0.302 e. The van der Waals surface area contributed by atoms with Crippen molar-refractivity contribution in [2.24, 2.45) is 28.6 Å². The van der Waals surface area contributed by atoms with Crippen LogP contribution in [0.1, 0.15) is 65.7 Å². The number of carbonyl (C=O) groups excluding carboxylic acids is 2. The molecule has 0 bridgehead atoms. The van der Waals surface area contributed by atoms with E-state index in [-0.39, 0.29) is 40.9 Å². The predicted octanol–water partition coefficient (Wildman–Crippen LogP) is 3.60. The first-order chi connectivity index (χ1) is 13.8. The lowest BCUT2D eigenvalue weighted by molar-refractivity contribution is -0.149. The summed E-state index contributed by atoms with van der Waals surface area (Å²) in [5, 5.41) is 0. The van der Waals surface area contributed by atoms with Crippen LogP contribution in [0.4, 0.5) is 0 Å². The molecule has 5 fully saturated rings. The number of Topliss-reactive ketones (excluding diaryl/α,β-unsaturated/α-hetero) is 1. The molecule has 0 amide bonds. The first-order valence-corrected chi connectivity index (χ1v) is 11.5. The summed E-state index contributed by atoms with van der Waals surface area (Å²) in [5.74, 6) is 1.92. The Hall–Kier alpha value is -1.20. The van der Waals surface area contributed by atoms with Crippen molar-refractivity contribution < 1.29 is 23.8 Å². The fraction of sp³-hybridized carbons (Fsp3) is 0.833. The minimum Gasteiger partial charge on any atom is -0.462 e. The van der Waals surface area contributed by atoms with Gasteiger partial charge in [-0.15, -0.1) is 0 Å². The van der Waals surface area contributed by atoms with E-state index < -0.39 is 5.60 Å². The van der Waals surface area contributed by atoms with Gasteiger partial charge in [-0.1, -0.05) is 25.5 Å². The van der Waals surface area contributed by atoms with Crippen molar-refractivity contribution in [1.82, 2.24) is 0 Å². The lowest BCUT2D eigenvalue weighted by Crippen LogP contribution is -2.55. The molecule has 0 aromatic rings. The third kappa shape index (κ3) is 2.29. The standard InChI is InChI=1S/C24H32O5/c1-13(25)28-15-6-8-22(2)14(10-15)4-5-16-17(22)7-9-23(3)18(16)11-20-24(23,29-20)21(26)19-12-27-19/h4,15-20H,5-12H2,1-3H3/t15-,16-,17+,18+,19+,20+,22+,23+,24-/m1/s1. The Bertz CT molecular complexity index is 814. The summed E-state index contributed by atoms with van der Waals surface area (Å²) in [6.07, 6.45) is 9.75. The van der Waals surface area contributed by atoms with Crippen molar-refractivity contribution in [3.05, 3.63) is 11.6 Å². The zero-order chi connectivity index (χ0) is 20.2. The quantitative estimate of drug-likeness (QED) is 0.411. The van der Waals surface area contributed by atoms with Crippen LogP contribution in [0.5, 0.6) is 0 Å². The molecular weight excluding hydrogens is 368 g/mol. The van der Waals surface area contributed by atoms with Gasteiger partial charge in [0.2, 0.25) is 0 Å². The van der Waals surface area contributed by atoms with Gasteiger partial charge in [0.05, 0.1) is 12.7 Å². The van der Waals surface area contributed by atoms with Gasteiger partial charge in [-0.3, -0.25) is 9.59 Å². The van der Waals surface area contributed by atoms with E-state index in [1.807, 2.05) is 0 Å². The van der Waals surface area contributed by atoms with Crippen molar-refractivity contribution in [1.29, 1.82) is 0 Å². The van der Waals surface area contributed by atoms with E-state index in [9.17, 15) is 9.59 Å². The second-order valence-corrected chi connectivity index (χ2v) is 11.0. The monoisotopic (exact) mass is 400 g/mol.